The summed E-state index contributed by atoms with van der Waals surface area (Å²) in [5, 5.41) is 0. The van der Waals surface area contributed by atoms with Gasteiger partial charge in [0.05, 0.1) is 0 Å². The standard InChI is InChI=1S/C8H11N3/c1-6(3-9)8-4-10-5-11-7(8)2/h4-5H,1,3,9H2,2H3. The zero-order valence-electron chi connectivity index (χ0n) is 6.54. The van der Waals surface area contributed by atoms with Crippen molar-refractivity contribution in [2.24, 2.45) is 5.73 Å². The van der Waals surface area contributed by atoms with E-state index in [1.807, 2.05) is 6.92 Å². The Morgan fingerprint density at radius 3 is 3.00 bits per heavy atom. The molecule has 0 aliphatic rings. The van der Waals surface area contributed by atoms with Gasteiger partial charge < -0.3 is 5.73 Å². The molecule has 0 aliphatic carbocycles. The van der Waals surface area contributed by atoms with Crippen LogP contribution in [0.2, 0.25) is 0 Å². The number of nitrogens with two attached hydrogens (primary N) is 1. The SMILES string of the molecule is C=C(CN)c1cncnc1C. The summed E-state index contributed by atoms with van der Waals surface area (Å²) in [4.78, 5) is 7.91. The highest BCUT2D eigenvalue weighted by Gasteiger charge is 2.00. The summed E-state index contributed by atoms with van der Waals surface area (Å²) >= 11 is 0. The maximum absolute atomic E-state index is 5.42. The molecule has 1 aromatic rings. The third-order valence-electron chi connectivity index (χ3n) is 1.54. The Morgan fingerprint density at radius 2 is 2.45 bits per heavy atom. The molecule has 11 heavy (non-hydrogen) atoms. The van der Waals surface area contributed by atoms with Gasteiger partial charge in [0.25, 0.3) is 0 Å². The Hall–Kier alpha value is -1.22. The van der Waals surface area contributed by atoms with Crippen molar-refractivity contribution in [2.45, 2.75) is 6.92 Å². The molecule has 0 bridgehead atoms. The Morgan fingerprint density at radius 1 is 1.73 bits per heavy atom. The van der Waals surface area contributed by atoms with Gasteiger partial charge in [-0.25, -0.2) is 9.97 Å². The van der Waals surface area contributed by atoms with Gasteiger partial charge in [-0.3, -0.25) is 0 Å². The Kier molecular flexibility index (Phi) is 2.33. The van der Waals surface area contributed by atoms with Crippen LogP contribution in [-0.2, 0) is 0 Å². The molecule has 0 saturated heterocycles. The first-order chi connectivity index (χ1) is 5.25. The monoisotopic (exact) mass is 149 g/mol. The molecule has 0 aliphatic heterocycles. The molecule has 0 radical (unpaired) electrons. The molecular weight excluding hydrogens is 138 g/mol. The summed E-state index contributed by atoms with van der Waals surface area (Å²) in [7, 11) is 0. The maximum Gasteiger partial charge on any atom is 0.115 e. The minimum atomic E-state index is 0.453. The van der Waals surface area contributed by atoms with Gasteiger partial charge in [0, 0.05) is 24.0 Å². The molecule has 1 aromatic heterocycles. The summed E-state index contributed by atoms with van der Waals surface area (Å²) in [5.74, 6) is 0. The van der Waals surface area contributed by atoms with Gasteiger partial charge in [-0.15, -0.1) is 0 Å². The van der Waals surface area contributed by atoms with E-state index in [-0.39, 0.29) is 0 Å². The first-order valence-corrected chi connectivity index (χ1v) is 3.40. The van der Waals surface area contributed by atoms with Crippen LogP contribution in [0.15, 0.2) is 19.1 Å². The molecule has 0 fully saturated rings. The first kappa shape index (κ1) is 7.88. The summed E-state index contributed by atoms with van der Waals surface area (Å²) in [6.45, 7) is 6.17. The summed E-state index contributed by atoms with van der Waals surface area (Å²) < 4.78 is 0. The average molecular weight is 149 g/mol. The number of rotatable bonds is 2. The summed E-state index contributed by atoms with van der Waals surface area (Å²) in [6, 6.07) is 0. The van der Waals surface area contributed by atoms with Gasteiger partial charge in [-0.05, 0) is 12.5 Å². The van der Waals surface area contributed by atoms with Gasteiger partial charge >= 0.3 is 0 Å². The first-order valence-electron chi connectivity index (χ1n) is 3.40. The number of aryl methyl sites for hydroxylation is 1. The molecule has 1 heterocycles. The van der Waals surface area contributed by atoms with E-state index in [1.165, 1.54) is 6.33 Å². The lowest BCUT2D eigenvalue weighted by Crippen LogP contribution is -2.03. The lowest BCUT2D eigenvalue weighted by atomic mass is 10.1. The third-order valence-corrected chi connectivity index (χ3v) is 1.54. The van der Waals surface area contributed by atoms with Gasteiger partial charge in [0.2, 0.25) is 0 Å². The second kappa shape index (κ2) is 3.25. The van der Waals surface area contributed by atoms with Gasteiger partial charge in [-0.2, -0.15) is 0 Å². The van der Waals surface area contributed by atoms with Crippen LogP contribution in [0.3, 0.4) is 0 Å². The predicted octanol–water partition coefficient (Wildman–Crippen LogP) is 0.757. The minimum absolute atomic E-state index is 0.453. The number of aromatic nitrogens is 2. The molecular formula is C8H11N3. The van der Waals surface area contributed by atoms with Crippen molar-refractivity contribution in [2.75, 3.05) is 6.54 Å². The highest BCUT2D eigenvalue weighted by molar-refractivity contribution is 5.65. The molecule has 0 saturated carbocycles. The van der Waals surface area contributed by atoms with Crippen LogP contribution in [0.25, 0.3) is 5.57 Å². The van der Waals surface area contributed by atoms with Crippen molar-refractivity contribution >= 4 is 5.57 Å². The molecule has 0 spiro atoms. The van der Waals surface area contributed by atoms with E-state index < -0.39 is 0 Å². The van der Waals surface area contributed by atoms with Gasteiger partial charge in [0.1, 0.15) is 6.33 Å². The van der Waals surface area contributed by atoms with Crippen LogP contribution in [0.5, 0.6) is 0 Å². The zero-order valence-corrected chi connectivity index (χ0v) is 6.54. The zero-order chi connectivity index (χ0) is 8.27. The van der Waals surface area contributed by atoms with E-state index in [1.54, 1.807) is 6.20 Å². The van der Waals surface area contributed by atoms with E-state index in [0.717, 1.165) is 16.8 Å². The van der Waals surface area contributed by atoms with Crippen LogP contribution >= 0.6 is 0 Å². The van der Waals surface area contributed by atoms with Gasteiger partial charge in [-0.1, -0.05) is 6.58 Å². The molecule has 0 atom stereocenters. The second-order valence-electron chi connectivity index (χ2n) is 2.33. The van der Waals surface area contributed by atoms with E-state index in [0.29, 0.717) is 6.54 Å². The average Bonchev–Trinajstić information content (AvgIpc) is 2.04. The fraction of sp³-hybridized carbons (Fsp3) is 0.250. The largest absolute Gasteiger partial charge is 0.326 e. The van der Waals surface area contributed by atoms with Crippen LogP contribution in [0.4, 0.5) is 0 Å². The van der Waals surface area contributed by atoms with Crippen molar-refractivity contribution in [3.05, 3.63) is 30.4 Å². The van der Waals surface area contributed by atoms with Crippen LogP contribution in [0, 0.1) is 6.92 Å². The number of nitrogens with zero attached hydrogens (tertiary/aromatic N) is 2. The van der Waals surface area contributed by atoms with Crippen LogP contribution in [0.1, 0.15) is 11.3 Å². The van der Waals surface area contributed by atoms with Crippen molar-refractivity contribution in [1.29, 1.82) is 0 Å². The highest BCUT2D eigenvalue weighted by atomic mass is 14.8. The molecule has 58 valence electrons. The van der Waals surface area contributed by atoms with E-state index in [4.69, 9.17) is 5.73 Å². The molecule has 3 heteroatoms. The normalized spacial score (nSPS) is 9.64. The van der Waals surface area contributed by atoms with Crippen molar-refractivity contribution in [3.8, 4) is 0 Å². The van der Waals surface area contributed by atoms with Crippen molar-refractivity contribution in [3.63, 3.8) is 0 Å². The maximum atomic E-state index is 5.42. The molecule has 3 nitrogen and oxygen atoms in total. The number of hydrogen-bond acceptors (Lipinski definition) is 3. The Bertz CT molecular complexity index is 268. The fourth-order valence-corrected chi connectivity index (χ4v) is 0.848. The molecule has 1 rings (SSSR count). The second-order valence-corrected chi connectivity index (χ2v) is 2.33. The molecule has 0 unspecified atom stereocenters. The number of hydrogen-bond donors (Lipinski definition) is 1. The van der Waals surface area contributed by atoms with Gasteiger partial charge in [0.15, 0.2) is 0 Å². The summed E-state index contributed by atoms with van der Waals surface area (Å²) in [6.07, 6.45) is 3.25. The molecule has 0 amide bonds. The highest BCUT2D eigenvalue weighted by Crippen LogP contribution is 2.11. The smallest absolute Gasteiger partial charge is 0.115 e. The van der Waals surface area contributed by atoms with Crippen molar-refractivity contribution in [1.82, 2.24) is 9.97 Å². The minimum Gasteiger partial charge on any atom is -0.326 e. The van der Waals surface area contributed by atoms with Crippen molar-refractivity contribution < 1.29 is 0 Å². The van der Waals surface area contributed by atoms with E-state index in [2.05, 4.69) is 16.5 Å². The molecule has 2 N–H and O–H groups in total. The van der Waals surface area contributed by atoms with Crippen LogP contribution in [-0.4, -0.2) is 16.5 Å². The Labute approximate surface area is 66.0 Å². The lowest BCUT2D eigenvalue weighted by molar-refractivity contribution is 1.08. The third kappa shape index (κ3) is 1.62. The Balaban J connectivity index is 3.03. The van der Waals surface area contributed by atoms with E-state index in [9.17, 15) is 0 Å². The predicted molar refractivity (Wildman–Crippen MR) is 44.9 cm³/mol. The fourth-order valence-electron chi connectivity index (χ4n) is 0.848. The molecule has 0 aromatic carbocycles. The quantitative estimate of drug-likeness (QED) is 0.675. The lowest BCUT2D eigenvalue weighted by Gasteiger charge is -2.03. The van der Waals surface area contributed by atoms with Crippen LogP contribution < -0.4 is 5.73 Å². The topological polar surface area (TPSA) is 51.8 Å². The van der Waals surface area contributed by atoms with E-state index >= 15 is 0 Å². The summed E-state index contributed by atoms with van der Waals surface area (Å²) in [5.41, 5.74) is 8.18.